The number of nitrogens with two attached hydrogens (primary N) is 1. The molecule has 2 heteroatoms. The van der Waals surface area contributed by atoms with Gasteiger partial charge in [0.2, 0.25) is 0 Å². The lowest BCUT2D eigenvalue weighted by Gasteiger charge is -2.29. The van der Waals surface area contributed by atoms with E-state index in [2.05, 4.69) is 41.1 Å². The number of benzene rings is 1. The third kappa shape index (κ3) is 1.61. The highest BCUT2D eigenvalue weighted by Gasteiger charge is 2.37. The van der Waals surface area contributed by atoms with Crippen LogP contribution in [0.3, 0.4) is 0 Å². The van der Waals surface area contributed by atoms with E-state index >= 15 is 0 Å². The highest BCUT2D eigenvalue weighted by molar-refractivity contribution is 9.10. The van der Waals surface area contributed by atoms with Crippen LogP contribution in [0.15, 0.2) is 28.7 Å². The van der Waals surface area contributed by atoms with Crippen LogP contribution in [-0.2, 0) is 5.54 Å². The van der Waals surface area contributed by atoms with Crippen molar-refractivity contribution in [2.24, 2.45) is 11.7 Å². The van der Waals surface area contributed by atoms with E-state index in [0.717, 1.165) is 10.9 Å². The second kappa shape index (κ2) is 3.67. The molecule has 1 saturated carbocycles. The molecule has 0 bridgehead atoms. The minimum atomic E-state index is -0.0935. The Hall–Kier alpha value is -0.340. The summed E-state index contributed by atoms with van der Waals surface area (Å²) in [5, 5.41) is 0. The largest absolute Gasteiger partial charge is 0.321 e. The standard InChI is InChI=1S/C12H16BrN/c1-9-4-3-7-12(9,14)10-5-2-6-11(13)8-10/h2,5-6,8-9H,3-4,7,14H2,1H3. The van der Waals surface area contributed by atoms with Crippen LogP contribution in [0.4, 0.5) is 0 Å². The molecule has 0 saturated heterocycles. The third-order valence-corrected chi connectivity index (χ3v) is 3.96. The van der Waals surface area contributed by atoms with Crippen molar-refractivity contribution in [1.82, 2.24) is 0 Å². The van der Waals surface area contributed by atoms with Gasteiger partial charge in [-0.05, 0) is 36.5 Å². The molecular formula is C12H16BrN. The van der Waals surface area contributed by atoms with Crippen LogP contribution in [0.2, 0.25) is 0 Å². The van der Waals surface area contributed by atoms with Gasteiger partial charge in [0.25, 0.3) is 0 Å². The fourth-order valence-corrected chi connectivity index (χ4v) is 2.81. The zero-order chi connectivity index (χ0) is 10.2. The molecule has 1 aliphatic rings. The molecule has 14 heavy (non-hydrogen) atoms. The molecule has 0 aromatic heterocycles. The summed E-state index contributed by atoms with van der Waals surface area (Å²) in [5.74, 6) is 0.594. The van der Waals surface area contributed by atoms with Crippen molar-refractivity contribution >= 4 is 15.9 Å². The monoisotopic (exact) mass is 253 g/mol. The van der Waals surface area contributed by atoms with E-state index in [4.69, 9.17) is 5.73 Å². The molecular weight excluding hydrogens is 238 g/mol. The quantitative estimate of drug-likeness (QED) is 0.816. The van der Waals surface area contributed by atoms with Gasteiger partial charge in [-0.3, -0.25) is 0 Å². The van der Waals surface area contributed by atoms with Crippen molar-refractivity contribution in [2.75, 3.05) is 0 Å². The third-order valence-electron chi connectivity index (χ3n) is 3.47. The maximum atomic E-state index is 6.47. The lowest BCUT2D eigenvalue weighted by Crippen LogP contribution is -2.38. The average Bonchev–Trinajstić information content (AvgIpc) is 2.49. The number of rotatable bonds is 1. The molecule has 0 spiro atoms. The van der Waals surface area contributed by atoms with E-state index in [1.54, 1.807) is 0 Å². The first kappa shape index (κ1) is 10.2. The Kier molecular flexibility index (Phi) is 2.67. The second-order valence-corrected chi connectivity index (χ2v) is 5.26. The molecule has 0 heterocycles. The highest BCUT2D eigenvalue weighted by atomic mass is 79.9. The van der Waals surface area contributed by atoms with Gasteiger partial charge in [0.1, 0.15) is 0 Å². The second-order valence-electron chi connectivity index (χ2n) is 4.34. The predicted octanol–water partition coefficient (Wildman–Crippen LogP) is 3.42. The molecule has 2 unspecified atom stereocenters. The molecule has 1 aromatic carbocycles. The Morgan fingerprint density at radius 2 is 2.29 bits per heavy atom. The van der Waals surface area contributed by atoms with E-state index in [-0.39, 0.29) is 5.54 Å². The Morgan fingerprint density at radius 1 is 1.50 bits per heavy atom. The smallest absolute Gasteiger partial charge is 0.0435 e. The van der Waals surface area contributed by atoms with Gasteiger partial charge in [0, 0.05) is 10.0 Å². The fraction of sp³-hybridized carbons (Fsp3) is 0.500. The van der Waals surface area contributed by atoms with Crippen molar-refractivity contribution in [3.8, 4) is 0 Å². The van der Waals surface area contributed by atoms with Crippen LogP contribution in [0.5, 0.6) is 0 Å². The number of hydrogen-bond donors (Lipinski definition) is 1. The van der Waals surface area contributed by atoms with Crippen LogP contribution in [0.25, 0.3) is 0 Å². The summed E-state index contributed by atoms with van der Waals surface area (Å²) < 4.78 is 1.12. The maximum absolute atomic E-state index is 6.47. The van der Waals surface area contributed by atoms with Gasteiger partial charge in [0.05, 0.1) is 0 Å². The zero-order valence-corrected chi connectivity index (χ0v) is 10.0. The molecule has 1 nitrogen and oxygen atoms in total. The molecule has 1 aromatic rings. The van der Waals surface area contributed by atoms with Crippen molar-refractivity contribution in [2.45, 2.75) is 31.7 Å². The molecule has 2 rings (SSSR count). The minimum absolute atomic E-state index is 0.0935. The topological polar surface area (TPSA) is 26.0 Å². The summed E-state index contributed by atoms with van der Waals surface area (Å²) >= 11 is 3.50. The van der Waals surface area contributed by atoms with Crippen molar-refractivity contribution in [3.63, 3.8) is 0 Å². The first-order chi connectivity index (χ1) is 6.63. The van der Waals surface area contributed by atoms with Gasteiger partial charge >= 0.3 is 0 Å². The van der Waals surface area contributed by atoms with Gasteiger partial charge in [-0.2, -0.15) is 0 Å². The highest BCUT2D eigenvalue weighted by Crippen LogP contribution is 2.41. The zero-order valence-electron chi connectivity index (χ0n) is 8.46. The SMILES string of the molecule is CC1CCCC1(N)c1cccc(Br)c1. The first-order valence-electron chi connectivity index (χ1n) is 5.18. The van der Waals surface area contributed by atoms with Gasteiger partial charge in [-0.25, -0.2) is 0 Å². The molecule has 76 valence electrons. The van der Waals surface area contributed by atoms with Gasteiger partial charge in [-0.15, -0.1) is 0 Å². The van der Waals surface area contributed by atoms with E-state index in [1.807, 2.05) is 6.07 Å². The molecule has 0 amide bonds. The lowest BCUT2D eigenvalue weighted by molar-refractivity contribution is 0.349. The molecule has 0 radical (unpaired) electrons. The van der Waals surface area contributed by atoms with Gasteiger partial charge < -0.3 is 5.73 Å². The summed E-state index contributed by atoms with van der Waals surface area (Å²) in [6, 6.07) is 8.42. The van der Waals surface area contributed by atoms with Gasteiger partial charge in [-0.1, -0.05) is 41.4 Å². The van der Waals surface area contributed by atoms with Crippen LogP contribution in [-0.4, -0.2) is 0 Å². The van der Waals surface area contributed by atoms with Crippen LogP contribution < -0.4 is 5.73 Å². The molecule has 1 aliphatic carbocycles. The summed E-state index contributed by atoms with van der Waals surface area (Å²) in [7, 11) is 0. The van der Waals surface area contributed by atoms with Crippen molar-refractivity contribution in [3.05, 3.63) is 34.3 Å². The number of hydrogen-bond acceptors (Lipinski definition) is 1. The first-order valence-corrected chi connectivity index (χ1v) is 5.97. The van der Waals surface area contributed by atoms with Crippen LogP contribution >= 0.6 is 15.9 Å². The Labute approximate surface area is 93.8 Å². The summed E-state index contributed by atoms with van der Waals surface area (Å²) in [5.41, 5.74) is 7.65. The summed E-state index contributed by atoms with van der Waals surface area (Å²) in [6.07, 6.45) is 3.62. The summed E-state index contributed by atoms with van der Waals surface area (Å²) in [6.45, 7) is 2.26. The average molecular weight is 254 g/mol. The van der Waals surface area contributed by atoms with Crippen LogP contribution in [0, 0.1) is 5.92 Å². The fourth-order valence-electron chi connectivity index (χ4n) is 2.41. The van der Waals surface area contributed by atoms with E-state index in [9.17, 15) is 0 Å². The van der Waals surface area contributed by atoms with Crippen molar-refractivity contribution in [1.29, 1.82) is 0 Å². The maximum Gasteiger partial charge on any atom is 0.0435 e. The normalized spacial score (nSPS) is 32.1. The molecule has 2 N–H and O–H groups in total. The minimum Gasteiger partial charge on any atom is -0.321 e. The Bertz CT molecular complexity index is 337. The molecule has 0 aliphatic heterocycles. The van der Waals surface area contributed by atoms with Crippen LogP contribution in [0.1, 0.15) is 31.7 Å². The molecule has 1 fully saturated rings. The molecule has 2 atom stereocenters. The van der Waals surface area contributed by atoms with E-state index in [0.29, 0.717) is 5.92 Å². The van der Waals surface area contributed by atoms with Gasteiger partial charge in [0.15, 0.2) is 0 Å². The Morgan fingerprint density at radius 3 is 2.86 bits per heavy atom. The van der Waals surface area contributed by atoms with Crippen molar-refractivity contribution < 1.29 is 0 Å². The van der Waals surface area contributed by atoms with E-state index < -0.39 is 0 Å². The van der Waals surface area contributed by atoms with E-state index in [1.165, 1.54) is 18.4 Å². The summed E-state index contributed by atoms with van der Waals surface area (Å²) in [4.78, 5) is 0. The predicted molar refractivity (Wildman–Crippen MR) is 63.0 cm³/mol. The Balaban J connectivity index is 2.38. The number of halogens is 1. The lowest BCUT2D eigenvalue weighted by atomic mass is 9.82.